The van der Waals surface area contributed by atoms with Gasteiger partial charge in [0.2, 0.25) is 0 Å². The van der Waals surface area contributed by atoms with Crippen LogP contribution in [0.5, 0.6) is 5.75 Å². The van der Waals surface area contributed by atoms with E-state index in [2.05, 4.69) is 83.4 Å². The van der Waals surface area contributed by atoms with Crippen LogP contribution in [-0.4, -0.2) is 24.5 Å². The Balaban J connectivity index is 1.18. The highest BCUT2D eigenvalue weighted by molar-refractivity contribution is 5.92. The van der Waals surface area contributed by atoms with Crippen LogP contribution in [0.4, 0.5) is 0 Å². The first-order chi connectivity index (χ1) is 24.8. The summed E-state index contributed by atoms with van der Waals surface area (Å²) in [6.07, 6.45) is 6.17. The molecule has 1 aliphatic heterocycles. The number of benzene rings is 5. The summed E-state index contributed by atoms with van der Waals surface area (Å²) in [5.41, 5.74) is 10.2. The highest BCUT2D eigenvalue weighted by atomic mass is 16.5. The first-order valence-corrected chi connectivity index (χ1v) is 16.8. The van der Waals surface area contributed by atoms with Crippen LogP contribution >= 0.6 is 0 Å². The van der Waals surface area contributed by atoms with E-state index in [-0.39, 0.29) is 12.0 Å². The monoisotopic (exact) mass is 643 g/mol. The van der Waals surface area contributed by atoms with Crippen LogP contribution < -0.4 is 4.74 Å². The minimum absolute atomic E-state index is 0.0148. The molecular weight excluding hydrogens is 615 g/mol. The Labute approximate surface area is 289 Å². The van der Waals surface area contributed by atoms with Crippen LogP contribution in [0.25, 0.3) is 68.1 Å². The molecule has 50 heavy (non-hydrogen) atoms. The number of hydrogen-bond donors (Lipinski definition) is 0. The van der Waals surface area contributed by atoms with Crippen molar-refractivity contribution in [1.82, 2.24) is 24.5 Å². The zero-order valence-electron chi connectivity index (χ0n) is 26.9. The van der Waals surface area contributed by atoms with Gasteiger partial charge in [0.25, 0.3) is 0 Å². The first-order valence-electron chi connectivity index (χ1n) is 16.8. The quantitative estimate of drug-likeness (QED) is 0.187. The van der Waals surface area contributed by atoms with Gasteiger partial charge in [0.05, 0.1) is 16.9 Å². The van der Waals surface area contributed by atoms with Crippen LogP contribution in [0, 0.1) is 0 Å². The number of rotatable bonds is 5. The van der Waals surface area contributed by atoms with Gasteiger partial charge in [-0.15, -0.1) is 0 Å². The lowest BCUT2D eigenvalue weighted by atomic mass is 9.84. The van der Waals surface area contributed by atoms with Gasteiger partial charge in [-0.2, -0.15) is 0 Å². The molecule has 0 fully saturated rings. The second-order valence-corrected chi connectivity index (χ2v) is 12.6. The summed E-state index contributed by atoms with van der Waals surface area (Å²) in [6, 6.07) is 49.6. The van der Waals surface area contributed by atoms with Crippen LogP contribution in [0.2, 0.25) is 0 Å². The maximum Gasteiger partial charge on any atom is 0.164 e. The van der Waals surface area contributed by atoms with E-state index < -0.39 is 0 Å². The van der Waals surface area contributed by atoms with Crippen molar-refractivity contribution in [3.05, 3.63) is 175 Å². The summed E-state index contributed by atoms with van der Waals surface area (Å²) < 4.78 is 9.44. The number of hydrogen-bond acceptors (Lipinski definition) is 5. The fourth-order valence-electron chi connectivity index (χ4n) is 7.41. The van der Waals surface area contributed by atoms with Crippen molar-refractivity contribution in [2.75, 3.05) is 0 Å². The first kappa shape index (κ1) is 28.4. The van der Waals surface area contributed by atoms with Crippen molar-refractivity contribution in [3.63, 3.8) is 0 Å². The minimum atomic E-state index is -0.212. The fourth-order valence-corrected chi connectivity index (χ4v) is 7.41. The van der Waals surface area contributed by atoms with Gasteiger partial charge in [-0.25, -0.2) is 15.0 Å². The Morgan fingerprint density at radius 3 is 1.88 bits per heavy atom. The predicted molar refractivity (Wildman–Crippen MR) is 198 cm³/mol. The molecule has 0 spiro atoms. The van der Waals surface area contributed by atoms with Crippen LogP contribution in [0.1, 0.15) is 28.8 Å². The zero-order valence-corrected chi connectivity index (χ0v) is 26.9. The molecule has 8 aromatic rings. The second kappa shape index (κ2) is 11.5. The van der Waals surface area contributed by atoms with E-state index in [0.717, 1.165) is 56.2 Å². The molecule has 10 rings (SSSR count). The highest BCUT2D eigenvalue weighted by Crippen LogP contribution is 2.56. The van der Waals surface area contributed by atoms with Gasteiger partial charge in [-0.1, -0.05) is 109 Å². The Kier molecular flexibility index (Phi) is 6.52. The van der Waals surface area contributed by atoms with E-state index in [1.807, 2.05) is 85.1 Å². The molecule has 5 aromatic carbocycles. The zero-order chi connectivity index (χ0) is 33.0. The third kappa shape index (κ3) is 4.57. The molecule has 2 aliphatic rings. The summed E-state index contributed by atoms with van der Waals surface area (Å²) in [5, 5.41) is 1.19. The summed E-state index contributed by atoms with van der Waals surface area (Å²) in [6.45, 7) is 0. The Hall–Kier alpha value is -6.66. The Morgan fingerprint density at radius 2 is 1.20 bits per heavy atom. The van der Waals surface area contributed by atoms with Crippen LogP contribution in [0.15, 0.2) is 158 Å². The smallest absolute Gasteiger partial charge is 0.164 e. The average Bonchev–Trinajstić information content (AvgIpc) is 3.74. The minimum Gasteiger partial charge on any atom is -0.484 e. The van der Waals surface area contributed by atoms with E-state index in [1.54, 1.807) is 0 Å². The van der Waals surface area contributed by atoms with E-state index in [4.69, 9.17) is 24.7 Å². The molecule has 0 amide bonds. The lowest BCUT2D eigenvalue weighted by molar-refractivity contribution is 0.225. The lowest BCUT2D eigenvalue weighted by Crippen LogP contribution is -2.13. The van der Waals surface area contributed by atoms with Crippen molar-refractivity contribution in [2.24, 2.45) is 0 Å². The third-order valence-corrected chi connectivity index (χ3v) is 9.66. The van der Waals surface area contributed by atoms with E-state index in [0.29, 0.717) is 17.5 Å². The third-order valence-electron chi connectivity index (χ3n) is 9.66. The number of aromatic nitrogens is 5. The Morgan fingerprint density at radius 1 is 0.580 bits per heavy atom. The van der Waals surface area contributed by atoms with Gasteiger partial charge in [-0.05, 0) is 48.5 Å². The van der Waals surface area contributed by atoms with Gasteiger partial charge < -0.3 is 9.30 Å². The molecule has 0 radical (unpaired) electrons. The number of fused-ring (bicyclic) bond motifs is 7. The molecule has 0 bridgehead atoms. The number of para-hydroxylation sites is 2. The molecule has 0 saturated carbocycles. The van der Waals surface area contributed by atoms with Crippen LogP contribution in [0.3, 0.4) is 0 Å². The Bertz CT molecular complexity index is 2510. The van der Waals surface area contributed by atoms with Crippen molar-refractivity contribution in [3.8, 4) is 56.9 Å². The van der Waals surface area contributed by atoms with Crippen molar-refractivity contribution in [1.29, 1.82) is 0 Å². The van der Waals surface area contributed by atoms with Gasteiger partial charge in [0, 0.05) is 56.6 Å². The number of pyridine rings is 1. The van der Waals surface area contributed by atoms with Gasteiger partial charge >= 0.3 is 0 Å². The molecule has 2 unspecified atom stereocenters. The summed E-state index contributed by atoms with van der Waals surface area (Å²) in [7, 11) is 0. The van der Waals surface area contributed by atoms with Gasteiger partial charge in [0.15, 0.2) is 17.5 Å². The predicted octanol–water partition coefficient (Wildman–Crippen LogP) is 10.1. The standard InChI is InChI=1S/C44H29N5O/c1-4-14-28(15-5-1)42-46-43(29-16-6-2-7-17-29)48-44(47-42)30-26-34-32-23-24-38-39(41(32)50-40(34)35(27-30)36-21-12-13-25-45-36)33-20-10-11-22-37(33)49(38)31-18-8-3-9-19-31/h1-27,32,41H. The average molecular weight is 644 g/mol. The molecule has 0 N–H and O–H groups in total. The van der Waals surface area contributed by atoms with Crippen molar-refractivity contribution >= 4 is 17.0 Å². The molecule has 6 heteroatoms. The highest BCUT2D eigenvalue weighted by Gasteiger charge is 2.42. The topological polar surface area (TPSA) is 65.7 Å². The number of ether oxygens (including phenoxy) is 1. The van der Waals surface area contributed by atoms with Crippen molar-refractivity contribution in [2.45, 2.75) is 12.0 Å². The molecule has 1 aliphatic carbocycles. The molecule has 6 nitrogen and oxygen atoms in total. The molecule has 236 valence electrons. The van der Waals surface area contributed by atoms with E-state index >= 15 is 0 Å². The summed E-state index contributed by atoms with van der Waals surface area (Å²) in [5.74, 6) is 2.68. The van der Waals surface area contributed by atoms with Crippen LogP contribution in [-0.2, 0) is 0 Å². The summed E-state index contributed by atoms with van der Waals surface area (Å²) >= 11 is 0. The largest absolute Gasteiger partial charge is 0.484 e. The normalized spacial score (nSPS) is 15.7. The van der Waals surface area contributed by atoms with E-state index in [1.165, 1.54) is 10.9 Å². The van der Waals surface area contributed by atoms with Crippen molar-refractivity contribution < 1.29 is 4.74 Å². The van der Waals surface area contributed by atoms with Gasteiger partial charge in [0.1, 0.15) is 11.9 Å². The number of nitrogens with zero attached hydrogens (tertiary/aromatic N) is 5. The SMILES string of the molecule is C1=CC2c3cc(-c4nc(-c5ccccc5)nc(-c5ccccc5)n4)cc(-c4ccccn4)c3OC2c2c1n(-c1ccccc1)c1ccccc21. The molecule has 4 heterocycles. The fraction of sp³-hybridized carbons (Fsp3) is 0.0455. The second-order valence-electron chi connectivity index (χ2n) is 12.6. The van der Waals surface area contributed by atoms with E-state index in [9.17, 15) is 0 Å². The lowest BCUT2D eigenvalue weighted by Gasteiger charge is -2.22. The molecular formula is C44H29N5O. The van der Waals surface area contributed by atoms with Gasteiger partial charge in [-0.3, -0.25) is 4.98 Å². The maximum absolute atomic E-state index is 7.10. The molecule has 0 saturated heterocycles. The molecule has 3 aromatic heterocycles. The molecule has 2 atom stereocenters. The summed E-state index contributed by atoms with van der Waals surface area (Å²) in [4.78, 5) is 19.9. The maximum atomic E-state index is 7.10.